The lowest BCUT2D eigenvalue weighted by Crippen LogP contribution is -2.33. The van der Waals surface area contributed by atoms with Crippen molar-refractivity contribution in [1.82, 2.24) is 0 Å². The molecule has 0 aromatic carbocycles. The van der Waals surface area contributed by atoms with Gasteiger partial charge in [0, 0.05) is 6.42 Å². The van der Waals surface area contributed by atoms with E-state index in [1.807, 2.05) is 0 Å². The molecular weight excluding hydrogens is 328 g/mol. The molecule has 1 heterocycles. The molecule has 26 heavy (non-hydrogen) atoms. The Morgan fingerprint density at radius 1 is 0.885 bits per heavy atom. The molecule has 0 spiro atoms. The van der Waals surface area contributed by atoms with Crippen LogP contribution in [0.4, 0.5) is 0 Å². The molecule has 0 unspecified atom stereocenters. The van der Waals surface area contributed by atoms with Crippen molar-refractivity contribution in [2.24, 2.45) is 0 Å². The highest BCUT2D eigenvalue weighted by Crippen LogP contribution is 2.07. The Labute approximate surface area is 159 Å². The van der Waals surface area contributed by atoms with E-state index < -0.39 is 0 Å². The molecule has 1 aliphatic heterocycles. The maximum atomic E-state index is 11.7. The van der Waals surface area contributed by atoms with E-state index in [1.54, 1.807) is 0 Å². The van der Waals surface area contributed by atoms with Crippen LogP contribution in [0.15, 0.2) is 36.5 Å². The number of hydrogen-bond acceptors (Lipinski definition) is 4. The molecule has 0 radical (unpaired) electrons. The van der Waals surface area contributed by atoms with Crippen LogP contribution in [0.2, 0.25) is 0 Å². The minimum absolute atomic E-state index is 0.154. The van der Waals surface area contributed by atoms with Crippen molar-refractivity contribution in [1.29, 1.82) is 0 Å². The van der Waals surface area contributed by atoms with Crippen molar-refractivity contribution in [2.45, 2.75) is 77.2 Å². The molecule has 0 atom stereocenters. The predicted molar refractivity (Wildman–Crippen MR) is 106 cm³/mol. The van der Waals surface area contributed by atoms with Gasteiger partial charge in [-0.3, -0.25) is 4.79 Å². The van der Waals surface area contributed by atoms with Crippen LogP contribution in [-0.4, -0.2) is 32.1 Å². The summed E-state index contributed by atoms with van der Waals surface area (Å²) in [6.07, 6.45) is 23.6. The zero-order valence-corrected chi connectivity index (χ0v) is 16.4. The topological polar surface area (TPSA) is 44.8 Å². The van der Waals surface area contributed by atoms with Gasteiger partial charge in [0.2, 0.25) is 0 Å². The van der Waals surface area contributed by atoms with Gasteiger partial charge in [-0.25, -0.2) is 0 Å². The van der Waals surface area contributed by atoms with Gasteiger partial charge in [0.05, 0.1) is 13.2 Å². The van der Waals surface area contributed by atoms with E-state index in [2.05, 4.69) is 43.4 Å². The number of esters is 1. The molecule has 0 N–H and O–H groups in total. The lowest BCUT2D eigenvalue weighted by molar-refractivity contribution is -0.183. The fourth-order valence-corrected chi connectivity index (χ4v) is 2.60. The minimum Gasteiger partial charge on any atom is -0.457 e. The Kier molecular flexibility index (Phi) is 14.8. The molecule has 0 aromatic heterocycles. The van der Waals surface area contributed by atoms with E-state index in [1.165, 1.54) is 25.7 Å². The van der Waals surface area contributed by atoms with Crippen molar-refractivity contribution >= 4 is 5.97 Å². The molecule has 1 rings (SSSR count). The van der Waals surface area contributed by atoms with E-state index in [-0.39, 0.29) is 12.1 Å². The smallest absolute Gasteiger partial charge is 0.306 e. The van der Waals surface area contributed by atoms with Crippen LogP contribution in [-0.2, 0) is 19.0 Å². The van der Waals surface area contributed by atoms with Gasteiger partial charge in [0.15, 0.2) is 0 Å². The van der Waals surface area contributed by atoms with Crippen LogP contribution in [0.25, 0.3) is 0 Å². The van der Waals surface area contributed by atoms with Crippen LogP contribution in [0.3, 0.4) is 0 Å². The average Bonchev–Trinajstić information content (AvgIpc) is 2.65. The van der Waals surface area contributed by atoms with Crippen molar-refractivity contribution < 1.29 is 19.0 Å². The molecule has 148 valence electrons. The molecule has 0 saturated carbocycles. The number of ether oxygens (including phenoxy) is 3. The summed E-state index contributed by atoms with van der Waals surface area (Å²) in [6, 6.07) is 0. The number of unbranched alkanes of at least 4 members (excludes halogenated alkanes) is 5. The van der Waals surface area contributed by atoms with Gasteiger partial charge >= 0.3 is 5.97 Å². The molecule has 0 aromatic rings. The van der Waals surface area contributed by atoms with Gasteiger partial charge in [0.25, 0.3) is 0 Å². The number of carbonyl (C=O) groups excluding carboxylic acids is 1. The number of hydrogen-bond donors (Lipinski definition) is 0. The molecule has 4 nitrogen and oxygen atoms in total. The highest BCUT2D eigenvalue weighted by atomic mass is 16.7. The quantitative estimate of drug-likeness (QED) is 0.232. The van der Waals surface area contributed by atoms with E-state index in [0.29, 0.717) is 26.4 Å². The summed E-state index contributed by atoms with van der Waals surface area (Å²) >= 11 is 0. The highest BCUT2D eigenvalue weighted by molar-refractivity contribution is 5.69. The van der Waals surface area contributed by atoms with Crippen LogP contribution < -0.4 is 0 Å². The monoisotopic (exact) mass is 364 g/mol. The zero-order chi connectivity index (χ0) is 18.7. The van der Waals surface area contributed by atoms with Crippen molar-refractivity contribution in [2.75, 3.05) is 20.0 Å². The predicted octanol–water partition coefficient (Wildman–Crippen LogP) is 5.49. The standard InChI is InChI=1S/C22H36O4/c1-2-3-4-5-6-7-8-9-10-11-12-13-14-15-16-17-22(23)26-21-18-24-20-25-19-21/h6-7,9-10,12-13,21H,2-5,8,11,14-20H2,1H3. The first-order valence-electron chi connectivity index (χ1n) is 10.1. The first kappa shape index (κ1) is 22.7. The fourth-order valence-electron chi connectivity index (χ4n) is 2.60. The summed E-state index contributed by atoms with van der Waals surface area (Å²) in [4.78, 5) is 11.7. The third-order valence-electron chi connectivity index (χ3n) is 4.09. The van der Waals surface area contributed by atoms with E-state index in [9.17, 15) is 4.79 Å². The molecule has 1 fully saturated rings. The summed E-state index contributed by atoms with van der Waals surface area (Å²) in [6.45, 7) is 3.41. The summed E-state index contributed by atoms with van der Waals surface area (Å²) in [7, 11) is 0. The summed E-state index contributed by atoms with van der Waals surface area (Å²) in [5, 5.41) is 0. The van der Waals surface area contributed by atoms with Gasteiger partial charge in [-0.1, -0.05) is 56.2 Å². The molecule has 1 saturated heterocycles. The maximum Gasteiger partial charge on any atom is 0.306 e. The molecular formula is C22H36O4. The second-order valence-corrected chi connectivity index (χ2v) is 6.60. The van der Waals surface area contributed by atoms with Crippen LogP contribution in [0, 0.1) is 0 Å². The third-order valence-corrected chi connectivity index (χ3v) is 4.09. The summed E-state index contributed by atoms with van der Waals surface area (Å²) in [5.74, 6) is -0.154. The second kappa shape index (κ2) is 17.0. The largest absolute Gasteiger partial charge is 0.457 e. The first-order valence-corrected chi connectivity index (χ1v) is 10.1. The molecule has 0 aliphatic carbocycles. The highest BCUT2D eigenvalue weighted by Gasteiger charge is 2.18. The minimum atomic E-state index is -0.242. The van der Waals surface area contributed by atoms with Gasteiger partial charge in [-0.05, 0) is 44.9 Å². The average molecular weight is 365 g/mol. The Hall–Kier alpha value is -1.39. The van der Waals surface area contributed by atoms with Crippen molar-refractivity contribution in [3.63, 3.8) is 0 Å². The molecule has 0 amide bonds. The van der Waals surface area contributed by atoms with Crippen molar-refractivity contribution in [3.8, 4) is 0 Å². The Balaban J connectivity index is 1.89. The van der Waals surface area contributed by atoms with Crippen LogP contribution >= 0.6 is 0 Å². The Morgan fingerprint density at radius 2 is 1.46 bits per heavy atom. The van der Waals surface area contributed by atoms with Gasteiger partial charge < -0.3 is 14.2 Å². The number of rotatable bonds is 14. The SMILES string of the molecule is CCCCCC=CCC=CCC=CCCCCC(=O)OC1COCOC1. The van der Waals surface area contributed by atoms with Gasteiger partial charge in [-0.2, -0.15) is 0 Å². The van der Waals surface area contributed by atoms with Crippen LogP contribution in [0.1, 0.15) is 71.1 Å². The normalized spacial score (nSPS) is 16.2. The van der Waals surface area contributed by atoms with Crippen LogP contribution in [0.5, 0.6) is 0 Å². The summed E-state index contributed by atoms with van der Waals surface area (Å²) in [5.41, 5.74) is 0. The number of allylic oxidation sites excluding steroid dienone is 6. The zero-order valence-electron chi connectivity index (χ0n) is 16.4. The van der Waals surface area contributed by atoms with E-state index in [4.69, 9.17) is 14.2 Å². The maximum absolute atomic E-state index is 11.7. The third kappa shape index (κ3) is 13.9. The fraction of sp³-hybridized carbons (Fsp3) is 0.682. The first-order chi connectivity index (χ1) is 12.8. The second-order valence-electron chi connectivity index (χ2n) is 6.60. The van der Waals surface area contributed by atoms with Gasteiger partial charge in [0.1, 0.15) is 12.9 Å². The van der Waals surface area contributed by atoms with E-state index >= 15 is 0 Å². The lowest BCUT2D eigenvalue weighted by Gasteiger charge is -2.22. The van der Waals surface area contributed by atoms with E-state index in [0.717, 1.165) is 32.1 Å². The van der Waals surface area contributed by atoms with Crippen molar-refractivity contribution in [3.05, 3.63) is 36.5 Å². The Morgan fingerprint density at radius 3 is 2.08 bits per heavy atom. The Bertz CT molecular complexity index is 420. The number of carbonyl (C=O) groups is 1. The van der Waals surface area contributed by atoms with Gasteiger partial charge in [-0.15, -0.1) is 0 Å². The lowest BCUT2D eigenvalue weighted by atomic mass is 10.1. The molecule has 0 bridgehead atoms. The summed E-state index contributed by atoms with van der Waals surface area (Å²) < 4.78 is 15.5. The molecule has 4 heteroatoms. The molecule has 1 aliphatic rings.